The second-order valence-electron chi connectivity index (χ2n) is 7.87. The van der Waals surface area contributed by atoms with Gasteiger partial charge in [0.05, 0.1) is 13.1 Å². The van der Waals surface area contributed by atoms with E-state index in [1.54, 1.807) is 6.92 Å². The number of aromatic amines is 1. The van der Waals surface area contributed by atoms with Crippen LogP contribution in [0, 0.1) is 0 Å². The zero-order valence-electron chi connectivity index (χ0n) is 18.5. The van der Waals surface area contributed by atoms with Crippen molar-refractivity contribution in [2.45, 2.75) is 20.0 Å². The molecule has 0 atom stereocenters. The fourth-order valence-electron chi connectivity index (χ4n) is 4.01. The zero-order chi connectivity index (χ0) is 23.4. The third kappa shape index (κ3) is 4.83. The number of fused-ring (bicyclic) bond motifs is 1. The van der Waals surface area contributed by atoms with Gasteiger partial charge in [-0.25, -0.2) is 4.79 Å². The number of rotatable bonds is 6. The number of aromatic nitrogens is 2. The Kier molecular flexibility index (Phi) is 6.60. The van der Waals surface area contributed by atoms with E-state index >= 15 is 0 Å². The Morgan fingerprint density at radius 3 is 2.61 bits per heavy atom. The summed E-state index contributed by atoms with van der Waals surface area (Å²) in [4.78, 5) is 44.1. The van der Waals surface area contributed by atoms with E-state index in [0.29, 0.717) is 19.7 Å². The first kappa shape index (κ1) is 22.3. The number of ether oxygens (including phenoxy) is 1. The molecule has 9 heteroatoms. The molecule has 0 fully saturated rings. The normalized spacial score (nSPS) is 13.6. The molecular formula is C24H27N5O4. The molecule has 3 N–H and O–H groups in total. The van der Waals surface area contributed by atoms with Gasteiger partial charge in [0.15, 0.2) is 5.69 Å². The Morgan fingerprint density at radius 1 is 1.12 bits per heavy atom. The van der Waals surface area contributed by atoms with Gasteiger partial charge in [-0.3, -0.25) is 24.0 Å². The molecular weight excluding hydrogens is 422 g/mol. The number of likely N-dealkylation sites (N-methyl/N-ethyl adjacent to an activating group) is 1. The Labute approximate surface area is 191 Å². The molecule has 0 bridgehead atoms. The van der Waals surface area contributed by atoms with Crippen molar-refractivity contribution in [1.82, 2.24) is 14.5 Å². The topological polar surface area (TPSA) is 114 Å². The number of para-hydroxylation sites is 1. The number of nitrogen functional groups attached to an aromatic ring is 1. The van der Waals surface area contributed by atoms with Gasteiger partial charge in [-0.15, -0.1) is 0 Å². The van der Waals surface area contributed by atoms with Gasteiger partial charge in [0.25, 0.3) is 5.56 Å². The fourth-order valence-corrected chi connectivity index (χ4v) is 4.01. The lowest BCUT2D eigenvalue weighted by molar-refractivity contribution is -0.119. The van der Waals surface area contributed by atoms with Crippen molar-refractivity contribution in [2.24, 2.45) is 0 Å². The predicted molar refractivity (Wildman–Crippen MR) is 127 cm³/mol. The van der Waals surface area contributed by atoms with Crippen LogP contribution in [0.1, 0.15) is 18.1 Å². The maximum absolute atomic E-state index is 13.3. The molecule has 1 amide bonds. The Bertz CT molecular complexity index is 1250. The van der Waals surface area contributed by atoms with E-state index < -0.39 is 11.2 Å². The number of carbonyl (C=O) groups excluding carboxylic acids is 1. The molecule has 0 spiro atoms. The number of nitrogens with zero attached hydrogens (tertiary/aromatic N) is 3. The highest BCUT2D eigenvalue weighted by Gasteiger charge is 2.25. The van der Waals surface area contributed by atoms with Crippen molar-refractivity contribution in [3.63, 3.8) is 0 Å². The minimum atomic E-state index is -0.679. The smallest absolute Gasteiger partial charge is 0.330 e. The van der Waals surface area contributed by atoms with Gasteiger partial charge >= 0.3 is 5.69 Å². The fraction of sp³-hybridized carbons (Fsp3) is 0.292. The quantitative estimate of drug-likeness (QED) is 0.588. The highest BCUT2D eigenvalue weighted by Crippen LogP contribution is 2.23. The second-order valence-corrected chi connectivity index (χ2v) is 7.87. The monoisotopic (exact) mass is 449 g/mol. The first-order valence-corrected chi connectivity index (χ1v) is 10.9. The number of nitrogens with two attached hydrogens (primary N) is 1. The van der Waals surface area contributed by atoms with Crippen molar-refractivity contribution >= 4 is 17.4 Å². The highest BCUT2D eigenvalue weighted by molar-refractivity contribution is 5.96. The standard InChI is InChI=1S/C24H27N5O4/c1-2-28(20(30)16-27-12-13-33-19-11-7-6-10-18(19)15-27)21-22(25)29(24(32)26-23(21)31)14-17-8-4-3-5-9-17/h3-11H,2,12-16,25H2,1H3,(H,26,31,32). The van der Waals surface area contributed by atoms with Crippen LogP contribution in [-0.4, -0.2) is 46.6 Å². The molecule has 9 nitrogen and oxygen atoms in total. The minimum Gasteiger partial charge on any atom is -0.492 e. The average Bonchev–Trinajstić information content (AvgIpc) is 3.01. The summed E-state index contributed by atoms with van der Waals surface area (Å²) in [5, 5.41) is 0. The molecule has 4 rings (SSSR count). The van der Waals surface area contributed by atoms with Gasteiger partial charge in [0.2, 0.25) is 5.91 Å². The van der Waals surface area contributed by atoms with Gasteiger partial charge in [-0.05, 0) is 18.6 Å². The molecule has 1 aliphatic rings. The lowest BCUT2D eigenvalue weighted by Gasteiger charge is -2.26. The number of anilines is 2. The van der Waals surface area contributed by atoms with Crippen LogP contribution < -0.4 is 26.6 Å². The van der Waals surface area contributed by atoms with E-state index in [-0.39, 0.29) is 37.0 Å². The summed E-state index contributed by atoms with van der Waals surface area (Å²) in [5.74, 6) is 0.500. The van der Waals surface area contributed by atoms with Crippen molar-refractivity contribution in [3.8, 4) is 5.75 Å². The van der Waals surface area contributed by atoms with Crippen LogP contribution in [0.3, 0.4) is 0 Å². The maximum atomic E-state index is 13.3. The summed E-state index contributed by atoms with van der Waals surface area (Å²) < 4.78 is 7.05. The molecule has 3 aromatic rings. The van der Waals surface area contributed by atoms with Crippen LogP contribution in [0.25, 0.3) is 0 Å². The molecule has 0 saturated carbocycles. The second kappa shape index (κ2) is 9.74. The number of carbonyl (C=O) groups is 1. The molecule has 1 aromatic heterocycles. The number of hydrogen-bond acceptors (Lipinski definition) is 6. The third-order valence-electron chi connectivity index (χ3n) is 5.68. The Balaban J connectivity index is 1.60. The van der Waals surface area contributed by atoms with Crippen LogP contribution in [-0.2, 0) is 17.9 Å². The lowest BCUT2D eigenvalue weighted by atomic mass is 10.2. The molecule has 0 aliphatic carbocycles. The van der Waals surface area contributed by atoms with Crippen LogP contribution in [0.4, 0.5) is 11.5 Å². The Hall–Kier alpha value is -3.85. The van der Waals surface area contributed by atoms with Crippen LogP contribution in [0.15, 0.2) is 64.2 Å². The van der Waals surface area contributed by atoms with Gasteiger partial charge in [-0.1, -0.05) is 48.5 Å². The summed E-state index contributed by atoms with van der Waals surface area (Å²) >= 11 is 0. The van der Waals surface area contributed by atoms with E-state index in [0.717, 1.165) is 16.9 Å². The van der Waals surface area contributed by atoms with Crippen molar-refractivity contribution < 1.29 is 9.53 Å². The van der Waals surface area contributed by atoms with E-state index in [4.69, 9.17) is 10.5 Å². The van der Waals surface area contributed by atoms with Crippen LogP contribution in [0.2, 0.25) is 0 Å². The van der Waals surface area contributed by atoms with Crippen LogP contribution >= 0.6 is 0 Å². The summed E-state index contributed by atoms with van der Waals surface area (Å²) in [5.41, 5.74) is 6.83. The first-order chi connectivity index (χ1) is 16.0. The SMILES string of the molecule is CCN(C(=O)CN1CCOc2ccccc2C1)c1c(N)n(Cc2ccccc2)c(=O)[nH]c1=O. The van der Waals surface area contributed by atoms with Gasteiger partial charge in [-0.2, -0.15) is 0 Å². The molecule has 0 saturated heterocycles. The molecule has 2 aromatic carbocycles. The predicted octanol–water partition coefficient (Wildman–Crippen LogP) is 1.41. The summed E-state index contributed by atoms with van der Waals surface area (Å²) in [6, 6.07) is 17.0. The lowest BCUT2D eigenvalue weighted by Crippen LogP contribution is -2.45. The van der Waals surface area contributed by atoms with E-state index in [1.165, 1.54) is 9.47 Å². The molecule has 1 aliphatic heterocycles. The van der Waals surface area contributed by atoms with Gasteiger partial charge in [0, 0.05) is 25.2 Å². The minimum absolute atomic E-state index is 0.00972. The molecule has 172 valence electrons. The zero-order valence-corrected chi connectivity index (χ0v) is 18.5. The summed E-state index contributed by atoms with van der Waals surface area (Å²) in [6.45, 7) is 3.85. The first-order valence-electron chi connectivity index (χ1n) is 10.9. The third-order valence-corrected chi connectivity index (χ3v) is 5.68. The molecule has 33 heavy (non-hydrogen) atoms. The number of nitrogens with one attached hydrogen (secondary N) is 1. The van der Waals surface area contributed by atoms with Gasteiger partial charge < -0.3 is 15.4 Å². The van der Waals surface area contributed by atoms with E-state index in [9.17, 15) is 14.4 Å². The Morgan fingerprint density at radius 2 is 1.85 bits per heavy atom. The van der Waals surface area contributed by atoms with Crippen molar-refractivity contribution in [2.75, 3.05) is 36.9 Å². The van der Waals surface area contributed by atoms with Crippen molar-refractivity contribution in [1.29, 1.82) is 0 Å². The number of amides is 1. The van der Waals surface area contributed by atoms with Crippen LogP contribution in [0.5, 0.6) is 5.75 Å². The molecule has 0 unspecified atom stereocenters. The summed E-state index contributed by atoms with van der Waals surface area (Å²) in [7, 11) is 0. The van der Waals surface area contributed by atoms with Crippen molar-refractivity contribution in [3.05, 3.63) is 86.6 Å². The van der Waals surface area contributed by atoms with E-state index in [1.807, 2.05) is 59.5 Å². The molecule has 2 heterocycles. The maximum Gasteiger partial charge on any atom is 0.330 e. The van der Waals surface area contributed by atoms with E-state index in [2.05, 4.69) is 4.98 Å². The summed E-state index contributed by atoms with van der Waals surface area (Å²) in [6.07, 6.45) is 0. The molecule has 0 radical (unpaired) electrons. The largest absolute Gasteiger partial charge is 0.492 e. The van der Waals surface area contributed by atoms with Gasteiger partial charge in [0.1, 0.15) is 18.2 Å². The number of hydrogen-bond donors (Lipinski definition) is 2. The average molecular weight is 450 g/mol. The number of H-pyrrole nitrogens is 1. The highest BCUT2D eigenvalue weighted by atomic mass is 16.5. The number of benzene rings is 2.